The molecular weight excluding hydrogens is 388 g/mol. The second kappa shape index (κ2) is 8.89. The fourth-order valence-electron chi connectivity index (χ4n) is 2.66. The molecule has 3 rings (SSSR count). The molecule has 7 heteroatoms. The van der Waals surface area contributed by atoms with Crippen molar-refractivity contribution in [3.05, 3.63) is 83.9 Å². The van der Waals surface area contributed by atoms with Crippen LogP contribution < -0.4 is 14.8 Å². The van der Waals surface area contributed by atoms with Crippen molar-refractivity contribution in [2.45, 2.75) is 18.7 Å². The predicted molar refractivity (Wildman–Crippen MR) is 113 cm³/mol. The van der Waals surface area contributed by atoms with Gasteiger partial charge in [0.2, 0.25) is 10.0 Å². The molecule has 0 saturated heterocycles. The Hall–Kier alpha value is -3.16. The van der Waals surface area contributed by atoms with Crippen LogP contribution in [0.2, 0.25) is 0 Å². The van der Waals surface area contributed by atoms with E-state index >= 15 is 0 Å². The largest absolute Gasteiger partial charge is 0.455 e. The first-order valence-corrected chi connectivity index (χ1v) is 10.6. The van der Waals surface area contributed by atoms with Gasteiger partial charge in [-0.1, -0.05) is 42.8 Å². The fraction of sp³-hybridized carbons (Fsp3) is 0.136. The molecule has 3 aromatic rings. The third kappa shape index (κ3) is 5.22. The van der Waals surface area contributed by atoms with Crippen molar-refractivity contribution in [2.24, 2.45) is 0 Å². The van der Waals surface area contributed by atoms with Gasteiger partial charge in [0, 0.05) is 12.1 Å². The summed E-state index contributed by atoms with van der Waals surface area (Å²) in [5.41, 5.74) is 1.83. The third-order valence-corrected chi connectivity index (χ3v) is 5.67. The van der Waals surface area contributed by atoms with Crippen LogP contribution in [0.4, 0.5) is 5.69 Å². The van der Waals surface area contributed by atoms with Gasteiger partial charge in [-0.25, -0.2) is 13.1 Å². The Morgan fingerprint density at radius 1 is 0.966 bits per heavy atom. The fourth-order valence-corrected chi connectivity index (χ4v) is 3.75. The number of amides is 1. The smallest absolute Gasteiger partial charge is 0.255 e. The lowest BCUT2D eigenvalue weighted by molar-refractivity contribution is 0.102. The summed E-state index contributed by atoms with van der Waals surface area (Å²) in [7, 11) is -3.65. The maximum absolute atomic E-state index is 12.7. The summed E-state index contributed by atoms with van der Waals surface area (Å²) in [6.07, 6.45) is 0. The number of hydrogen-bond acceptors (Lipinski definition) is 4. The van der Waals surface area contributed by atoms with Crippen molar-refractivity contribution in [1.82, 2.24) is 4.72 Å². The lowest BCUT2D eigenvalue weighted by Gasteiger charge is -2.13. The lowest BCUT2D eigenvalue weighted by atomic mass is 10.2. The maximum Gasteiger partial charge on any atom is 0.255 e. The van der Waals surface area contributed by atoms with E-state index in [0.717, 1.165) is 5.56 Å². The predicted octanol–water partition coefficient (Wildman–Crippen LogP) is 4.34. The van der Waals surface area contributed by atoms with Gasteiger partial charge < -0.3 is 10.1 Å². The van der Waals surface area contributed by atoms with Crippen molar-refractivity contribution in [2.75, 3.05) is 11.9 Å². The van der Waals surface area contributed by atoms with Crippen LogP contribution in [0.1, 0.15) is 22.8 Å². The van der Waals surface area contributed by atoms with Gasteiger partial charge in [0.15, 0.2) is 5.75 Å². The summed E-state index contributed by atoms with van der Waals surface area (Å²) in [6, 6.07) is 20.5. The van der Waals surface area contributed by atoms with Crippen LogP contribution >= 0.6 is 0 Å². The minimum atomic E-state index is -3.65. The third-order valence-electron chi connectivity index (χ3n) is 4.12. The second-order valence-electron chi connectivity index (χ2n) is 6.39. The number of carbonyl (C=O) groups is 1. The van der Waals surface area contributed by atoms with Gasteiger partial charge in [0.25, 0.3) is 5.91 Å². The Balaban J connectivity index is 1.82. The molecule has 3 aromatic carbocycles. The quantitative estimate of drug-likeness (QED) is 0.607. The molecule has 0 aliphatic heterocycles. The van der Waals surface area contributed by atoms with Crippen LogP contribution in [-0.2, 0) is 10.0 Å². The summed E-state index contributed by atoms with van der Waals surface area (Å²) in [5, 5.41) is 2.79. The average Bonchev–Trinajstić information content (AvgIpc) is 2.71. The highest BCUT2D eigenvalue weighted by Crippen LogP contribution is 2.30. The van der Waals surface area contributed by atoms with Crippen molar-refractivity contribution in [3.63, 3.8) is 0 Å². The Kier molecular flexibility index (Phi) is 6.31. The topological polar surface area (TPSA) is 84.5 Å². The monoisotopic (exact) mass is 410 g/mol. The minimum absolute atomic E-state index is 0.0381. The molecule has 0 saturated carbocycles. The molecule has 0 bridgehead atoms. The summed E-state index contributed by atoms with van der Waals surface area (Å²) >= 11 is 0. The molecule has 0 fully saturated rings. The number of sulfonamides is 1. The zero-order chi connectivity index (χ0) is 20.9. The normalized spacial score (nSPS) is 11.1. The molecule has 2 N–H and O–H groups in total. The van der Waals surface area contributed by atoms with Crippen LogP contribution in [0.3, 0.4) is 0 Å². The number of ether oxygens (including phenoxy) is 1. The lowest BCUT2D eigenvalue weighted by Crippen LogP contribution is -2.23. The Bertz CT molecular complexity index is 1110. The summed E-state index contributed by atoms with van der Waals surface area (Å²) in [4.78, 5) is 12.8. The first kappa shape index (κ1) is 20.6. The van der Waals surface area contributed by atoms with E-state index in [1.54, 1.807) is 31.2 Å². The number of para-hydroxylation sites is 2. The van der Waals surface area contributed by atoms with Crippen molar-refractivity contribution in [3.8, 4) is 11.5 Å². The number of carbonyl (C=O) groups excluding carboxylic acids is 1. The van der Waals surface area contributed by atoms with Gasteiger partial charge in [-0.05, 0) is 49.4 Å². The van der Waals surface area contributed by atoms with Crippen molar-refractivity contribution in [1.29, 1.82) is 0 Å². The molecule has 0 aromatic heterocycles. The van der Waals surface area contributed by atoms with Crippen molar-refractivity contribution >= 4 is 21.6 Å². The van der Waals surface area contributed by atoms with Gasteiger partial charge in [0.05, 0.1) is 10.6 Å². The van der Waals surface area contributed by atoms with Crippen LogP contribution in [0.15, 0.2) is 77.7 Å². The zero-order valence-electron chi connectivity index (χ0n) is 16.2. The van der Waals surface area contributed by atoms with E-state index < -0.39 is 15.9 Å². The Morgan fingerprint density at radius 3 is 2.41 bits per heavy atom. The van der Waals surface area contributed by atoms with E-state index in [0.29, 0.717) is 17.2 Å². The van der Waals surface area contributed by atoms with Crippen LogP contribution in [0.25, 0.3) is 0 Å². The highest BCUT2D eigenvalue weighted by atomic mass is 32.2. The SMILES string of the molecule is CCNS(=O)(=O)c1cccc(C(=O)Nc2ccccc2Oc2ccc(C)cc2)c1. The minimum Gasteiger partial charge on any atom is -0.455 e. The maximum atomic E-state index is 12.7. The highest BCUT2D eigenvalue weighted by Gasteiger charge is 2.16. The average molecular weight is 410 g/mol. The first-order valence-electron chi connectivity index (χ1n) is 9.13. The molecule has 0 aliphatic rings. The van der Waals surface area contributed by atoms with E-state index in [1.807, 2.05) is 37.3 Å². The van der Waals surface area contributed by atoms with Crippen molar-refractivity contribution < 1.29 is 17.9 Å². The van der Waals surface area contributed by atoms with E-state index in [4.69, 9.17) is 4.74 Å². The first-order chi connectivity index (χ1) is 13.9. The van der Waals surface area contributed by atoms with Crippen LogP contribution in [0, 0.1) is 6.92 Å². The van der Waals surface area contributed by atoms with Crippen LogP contribution in [0.5, 0.6) is 11.5 Å². The van der Waals surface area contributed by atoms with E-state index in [2.05, 4.69) is 10.0 Å². The Morgan fingerprint density at radius 2 is 1.69 bits per heavy atom. The molecule has 0 radical (unpaired) electrons. The number of hydrogen-bond donors (Lipinski definition) is 2. The van der Waals surface area contributed by atoms with E-state index in [1.165, 1.54) is 18.2 Å². The van der Waals surface area contributed by atoms with E-state index in [9.17, 15) is 13.2 Å². The Labute approximate surface area is 170 Å². The van der Waals surface area contributed by atoms with Gasteiger partial charge >= 0.3 is 0 Å². The number of nitrogens with one attached hydrogen (secondary N) is 2. The molecule has 0 heterocycles. The molecule has 0 spiro atoms. The molecule has 150 valence electrons. The summed E-state index contributed by atoms with van der Waals surface area (Å²) < 4.78 is 32.7. The van der Waals surface area contributed by atoms with Gasteiger partial charge in [0.1, 0.15) is 5.75 Å². The molecule has 6 nitrogen and oxygen atoms in total. The molecular formula is C22H22N2O4S. The van der Waals surface area contributed by atoms with Gasteiger partial charge in [-0.2, -0.15) is 0 Å². The number of anilines is 1. The van der Waals surface area contributed by atoms with Crippen LogP contribution in [-0.4, -0.2) is 20.9 Å². The molecule has 0 unspecified atom stereocenters. The second-order valence-corrected chi connectivity index (χ2v) is 8.16. The van der Waals surface area contributed by atoms with E-state index in [-0.39, 0.29) is 17.0 Å². The zero-order valence-corrected chi connectivity index (χ0v) is 17.0. The standard InChI is InChI=1S/C22H22N2O4S/c1-3-23-29(26,27)19-8-6-7-17(15-19)22(25)24-20-9-4-5-10-21(20)28-18-13-11-16(2)12-14-18/h4-15,23H,3H2,1-2H3,(H,24,25). The summed E-state index contributed by atoms with van der Waals surface area (Å²) in [5.74, 6) is 0.704. The molecule has 1 amide bonds. The number of aryl methyl sites for hydroxylation is 1. The molecule has 0 atom stereocenters. The molecule has 0 aliphatic carbocycles. The van der Waals surface area contributed by atoms with Gasteiger partial charge in [-0.15, -0.1) is 0 Å². The number of rotatable bonds is 7. The number of benzene rings is 3. The molecule has 29 heavy (non-hydrogen) atoms. The van der Waals surface area contributed by atoms with Gasteiger partial charge in [-0.3, -0.25) is 4.79 Å². The highest BCUT2D eigenvalue weighted by molar-refractivity contribution is 7.89. The summed E-state index contributed by atoms with van der Waals surface area (Å²) in [6.45, 7) is 3.95.